The van der Waals surface area contributed by atoms with Gasteiger partial charge in [0.2, 0.25) is 0 Å². The molecule has 0 aliphatic carbocycles. The van der Waals surface area contributed by atoms with Crippen LogP contribution in [0, 0.1) is 17.0 Å². The topological polar surface area (TPSA) is 76.9 Å². The summed E-state index contributed by atoms with van der Waals surface area (Å²) in [5.74, 6) is 0.682. The Morgan fingerprint density at radius 3 is 2.75 bits per heavy atom. The lowest BCUT2D eigenvalue weighted by molar-refractivity contribution is -0.385. The maximum absolute atomic E-state index is 10.8. The van der Waals surface area contributed by atoms with Gasteiger partial charge in [-0.15, -0.1) is 0 Å². The van der Waals surface area contributed by atoms with E-state index in [1.165, 1.54) is 6.07 Å². The molecule has 1 saturated heterocycles. The third-order valence-electron chi connectivity index (χ3n) is 3.84. The van der Waals surface area contributed by atoms with Crippen molar-refractivity contribution in [2.75, 3.05) is 52.5 Å². The first-order valence-corrected chi connectivity index (χ1v) is 8.05. The van der Waals surface area contributed by atoms with Gasteiger partial charge in [0.05, 0.1) is 24.7 Å². The number of benzene rings is 1. The average Bonchev–Trinajstić information content (AvgIpc) is 2.54. The lowest BCUT2D eigenvalue weighted by Gasteiger charge is -2.26. The summed E-state index contributed by atoms with van der Waals surface area (Å²) < 4.78 is 10.9. The number of hydrogen-bond acceptors (Lipinski definition) is 6. The molecule has 1 aromatic rings. The van der Waals surface area contributed by atoms with Crippen LogP contribution in [-0.2, 0) is 4.74 Å². The van der Waals surface area contributed by atoms with Crippen LogP contribution in [0.4, 0.5) is 5.69 Å². The zero-order valence-corrected chi connectivity index (χ0v) is 14.8. The summed E-state index contributed by atoms with van der Waals surface area (Å²) in [6.07, 6.45) is 0.902. The Morgan fingerprint density at radius 2 is 2.08 bits per heavy atom. The Kier molecular flexibility index (Phi) is 9.63. The van der Waals surface area contributed by atoms with Gasteiger partial charge in [-0.05, 0) is 32.0 Å². The fourth-order valence-electron chi connectivity index (χ4n) is 2.50. The van der Waals surface area contributed by atoms with Gasteiger partial charge in [-0.3, -0.25) is 15.0 Å². The lowest BCUT2D eigenvalue weighted by atomic mass is 10.2. The minimum Gasteiger partial charge on any atom is -1.00 e. The van der Waals surface area contributed by atoms with Crippen LogP contribution in [-0.4, -0.2) is 62.4 Å². The molecule has 1 fully saturated rings. The molecule has 1 N–H and O–H groups in total. The standard InChI is InChI=1S/C16H25N3O4.ClH/c1-14-13-15(3-4-16(14)19(20)21)23-10-2-5-17-6-7-18-8-11-22-12-9-18;/h3-4,13,17H,2,5-12H2,1H3;1H/p-1. The van der Waals surface area contributed by atoms with E-state index in [0.717, 1.165) is 52.4 Å². The van der Waals surface area contributed by atoms with E-state index in [1.54, 1.807) is 19.1 Å². The molecule has 1 aliphatic heterocycles. The van der Waals surface area contributed by atoms with Gasteiger partial charge in [-0.2, -0.15) is 0 Å². The van der Waals surface area contributed by atoms with Crippen molar-refractivity contribution in [3.05, 3.63) is 33.9 Å². The van der Waals surface area contributed by atoms with Crippen molar-refractivity contribution in [3.8, 4) is 5.75 Å². The van der Waals surface area contributed by atoms with Gasteiger partial charge in [0, 0.05) is 37.8 Å². The molecule has 0 bridgehead atoms. The molecule has 2 rings (SSSR count). The minimum absolute atomic E-state index is 0. The van der Waals surface area contributed by atoms with Crippen molar-refractivity contribution in [2.24, 2.45) is 0 Å². The second-order valence-electron chi connectivity index (χ2n) is 5.61. The van der Waals surface area contributed by atoms with E-state index < -0.39 is 0 Å². The van der Waals surface area contributed by atoms with Crippen LogP contribution in [0.1, 0.15) is 12.0 Å². The fraction of sp³-hybridized carbons (Fsp3) is 0.625. The summed E-state index contributed by atoms with van der Waals surface area (Å²) >= 11 is 0. The Bertz CT molecular complexity index is 510. The molecule has 0 aromatic heterocycles. The third kappa shape index (κ3) is 7.00. The number of nitrogens with one attached hydrogen (secondary N) is 1. The number of halogens is 1. The van der Waals surface area contributed by atoms with Gasteiger partial charge in [-0.1, -0.05) is 0 Å². The Labute approximate surface area is 148 Å². The predicted molar refractivity (Wildman–Crippen MR) is 88.1 cm³/mol. The molecule has 1 aromatic carbocycles. The quantitative estimate of drug-likeness (QED) is 0.332. The van der Waals surface area contributed by atoms with Gasteiger partial charge >= 0.3 is 0 Å². The van der Waals surface area contributed by atoms with E-state index in [4.69, 9.17) is 9.47 Å². The molecule has 0 amide bonds. The zero-order chi connectivity index (χ0) is 16.5. The van der Waals surface area contributed by atoms with E-state index in [-0.39, 0.29) is 23.0 Å². The van der Waals surface area contributed by atoms with Crippen LogP contribution in [0.2, 0.25) is 0 Å². The maximum atomic E-state index is 10.8. The van der Waals surface area contributed by atoms with Crippen LogP contribution in [0.15, 0.2) is 18.2 Å². The first-order valence-electron chi connectivity index (χ1n) is 8.05. The van der Waals surface area contributed by atoms with Gasteiger partial charge in [0.25, 0.3) is 5.69 Å². The smallest absolute Gasteiger partial charge is 0.272 e. The van der Waals surface area contributed by atoms with Gasteiger partial charge < -0.3 is 27.2 Å². The van der Waals surface area contributed by atoms with Crippen LogP contribution >= 0.6 is 0 Å². The largest absolute Gasteiger partial charge is 1.00 e. The lowest BCUT2D eigenvalue weighted by Crippen LogP contribution is -3.00. The molecule has 7 nitrogen and oxygen atoms in total. The summed E-state index contributed by atoms with van der Waals surface area (Å²) in [5.41, 5.74) is 0.748. The Hall–Kier alpha value is -1.41. The number of nitro benzene ring substituents is 1. The number of hydrogen-bond donors (Lipinski definition) is 1. The number of rotatable bonds is 9. The highest BCUT2D eigenvalue weighted by atomic mass is 35.5. The number of nitro groups is 1. The van der Waals surface area contributed by atoms with Gasteiger partial charge in [-0.25, -0.2) is 0 Å². The molecule has 8 heteroatoms. The van der Waals surface area contributed by atoms with Crippen molar-refractivity contribution in [3.63, 3.8) is 0 Å². The summed E-state index contributed by atoms with van der Waals surface area (Å²) in [6.45, 7) is 8.94. The maximum Gasteiger partial charge on any atom is 0.272 e. The molecule has 0 spiro atoms. The highest BCUT2D eigenvalue weighted by Gasteiger charge is 2.10. The molecule has 136 valence electrons. The Morgan fingerprint density at radius 1 is 1.33 bits per heavy atom. The highest BCUT2D eigenvalue weighted by Crippen LogP contribution is 2.22. The van der Waals surface area contributed by atoms with Gasteiger partial charge in [0.1, 0.15) is 5.75 Å². The molecule has 0 radical (unpaired) electrons. The van der Waals surface area contributed by atoms with E-state index in [0.29, 0.717) is 17.9 Å². The minimum atomic E-state index is -0.377. The second kappa shape index (κ2) is 11.2. The average molecular weight is 359 g/mol. The summed E-state index contributed by atoms with van der Waals surface area (Å²) in [5, 5.41) is 14.2. The molecular weight excluding hydrogens is 334 g/mol. The van der Waals surface area contributed by atoms with Crippen molar-refractivity contribution >= 4 is 5.69 Å². The number of ether oxygens (including phenoxy) is 2. The van der Waals surface area contributed by atoms with Crippen LogP contribution in [0.25, 0.3) is 0 Å². The van der Waals surface area contributed by atoms with Crippen LogP contribution < -0.4 is 22.5 Å². The molecular formula is C16H25ClN3O4-. The van der Waals surface area contributed by atoms with E-state index in [9.17, 15) is 10.1 Å². The van der Waals surface area contributed by atoms with E-state index >= 15 is 0 Å². The summed E-state index contributed by atoms with van der Waals surface area (Å²) in [6, 6.07) is 4.85. The molecule has 0 saturated carbocycles. The fourth-order valence-corrected chi connectivity index (χ4v) is 2.50. The SMILES string of the molecule is Cc1cc(OCCCNCCN2CCOCC2)ccc1[N+](=O)[O-].[Cl-]. The van der Waals surface area contributed by atoms with E-state index in [1.807, 2.05) is 0 Å². The van der Waals surface area contributed by atoms with Gasteiger partial charge in [0.15, 0.2) is 0 Å². The molecule has 24 heavy (non-hydrogen) atoms. The van der Waals surface area contributed by atoms with Crippen LogP contribution in [0.5, 0.6) is 5.75 Å². The van der Waals surface area contributed by atoms with E-state index in [2.05, 4.69) is 10.2 Å². The normalized spacial score (nSPS) is 14.9. The molecule has 1 heterocycles. The highest BCUT2D eigenvalue weighted by molar-refractivity contribution is 5.44. The predicted octanol–water partition coefficient (Wildman–Crippen LogP) is -1.40. The molecule has 0 unspecified atom stereocenters. The number of morpholine rings is 1. The second-order valence-corrected chi connectivity index (χ2v) is 5.61. The number of nitrogens with zero attached hydrogens (tertiary/aromatic N) is 2. The Balaban J connectivity index is 0.00000288. The summed E-state index contributed by atoms with van der Waals surface area (Å²) in [4.78, 5) is 12.8. The number of aryl methyl sites for hydroxylation is 1. The van der Waals surface area contributed by atoms with Crippen molar-refractivity contribution in [2.45, 2.75) is 13.3 Å². The first kappa shape index (κ1) is 20.6. The summed E-state index contributed by atoms with van der Waals surface area (Å²) in [7, 11) is 0. The van der Waals surface area contributed by atoms with Crippen molar-refractivity contribution in [1.29, 1.82) is 0 Å². The first-order chi connectivity index (χ1) is 11.2. The monoisotopic (exact) mass is 358 g/mol. The molecule has 0 atom stereocenters. The third-order valence-corrected chi connectivity index (χ3v) is 3.84. The van der Waals surface area contributed by atoms with Crippen molar-refractivity contribution in [1.82, 2.24) is 10.2 Å². The van der Waals surface area contributed by atoms with Crippen LogP contribution in [0.3, 0.4) is 0 Å². The van der Waals surface area contributed by atoms with Crippen molar-refractivity contribution < 1.29 is 26.8 Å². The zero-order valence-electron chi connectivity index (χ0n) is 14.0. The molecule has 1 aliphatic rings.